The van der Waals surface area contributed by atoms with E-state index in [1.807, 2.05) is 57.2 Å². The number of carbonyl (C=O) groups is 3. The topological polar surface area (TPSA) is 89.9 Å². The van der Waals surface area contributed by atoms with Crippen LogP contribution < -0.4 is 0 Å². The SMILES string of the molecule is CCC(CCCC(C)c1ccc(COC(=O)CC(=O)O)cc1)c1ccc(CC(=O)OC(C)(C)C)cc1. The molecule has 1 N–H and O–H groups in total. The minimum atomic E-state index is -1.19. The largest absolute Gasteiger partial charge is 0.481 e. The van der Waals surface area contributed by atoms with E-state index in [0.717, 1.165) is 36.8 Å². The predicted molar refractivity (Wildman–Crippen MR) is 140 cm³/mol. The van der Waals surface area contributed by atoms with Gasteiger partial charge in [0.15, 0.2) is 0 Å². The molecule has 2 rings (SSSR count). The van der Waals surface area contributed by atoms with Crippen molar-refractivity contribution in [2.75, 3.05) is 0 Å². The molecule has 0 spiro atoms. The highest BCUT2D eigenvalue weighted by molar-refractivity contribution is 5.90. The molecule has 196 valence electrons. The number of carboxylic acids is 1. The first kappa shape index (κ1) is 29.1. The molecule has 2 aromatic carbocycles. The standard InChI is InChI=1S/C30H40O6/c1-6-24(26-16-10-22(11-17-26)18-29(34)36-30(3,4)5)9-7-8-21(2)25-14-12-23(13-15-25)20-35-28(33)19-27(31)32/h10-17,21,24H,6-9,18-20H2,1-5H3,(H,31,32). The fraction of sp³-hybridized carbons (Fsp3) is 0.500. The van der Waals surface area contributed by atoms with E-state index in [0.29, 0.717) is 11.8 Å². The number of hydrogen-bond acceptors (Lipinski definition) is 5. The Labute approximate surface area is 215 Å². The number of aliphatic carboxylic acids is 1. The van der Waals surface area contributed by atoms with Gasteiger partial charge in [0, 0.05) is 0 Å². The van der Waals surface area contributed by atoms with E-state index in [1.165, 1.54) is 11.1 Å². The van der Waals surface area contributed by atoms with Crippen LogP contribution in [0.4, 0.5) is 0 Å². The van der Waals surface area contributed by atoms with Gasteiger partial charge in [-0.1, -0.05) is 68.8 Å². The number of carbonyl (C=O) groups excluding carboxylic acids is 2. The molecule has 0 bridgehead atoms. The highest BCUT2D eigenvalue weighted by Crippen LogP contribution is 2.29. The monoisotopic (exact) mass is 496 g/mol. The lowest BCUT2D eigenvalue weighted by molar-refractivity contribution is -0.154. The summed E-state index contributed by atoms with van der Waals surface area (Å²) in [4.78, 5) is 34.0. The Balaban J connectivity index is 1.81. The van der Waals surface area contributed by atoms with Crippen molar-refractivity contribution in [3.63, 3.8) is 0 Å². The molecule has 6 nitrogen and oxygen atoms in total. The molecule has 0 aliphatic rings. The van der Waals surface area contributed by atoms with Gasteiger partial charge < -0.3 is 14.6 Å². The first-order chi connectivity index (χ1) is 17.0. The van der Waals surface area contributed by atoms with Crippen LogP contribution in [0.5, 0.6) is 0 Å². The van der Waals surface area contributed by atoms with E-state index in [1.54, 1.807) is 0 Å². The Kier molecular flexibility index (Phi) is 11.2. The van der Waals surface area contributed by atoms with Crippen molar-refractivity contribution in [2.24, 2.45) is 0 Å². The van der Waals surface area contributed by atoms with Crippen LogP contribution in [0.1, 0.15) is 101 Å². The zero-order valence-electron chi connectivity index (χ0n) is 22.2. The van der Waals surface area contributed by atoms with Crippen LogP contribution in [0.15, 0.2) is 48.5 Å². The van der Waals surface area contributed by atoms with Crippen LogP contribution in [0.3, 0.4) is 0 Å². The number of esters is 2. The number of rotatable bonds is 13. The van der Waals surface area contributed by atoms with Gasteiger partial charge in [-0.2, -0.15) is 0 Å². The molecule has 2 unspecified atom stereocenters. The third-order valence-electron chi connectivity index (χ3n) is 6.15. The summed E-state index contributed by atoms with van der Waals surface area (Å²) in [6.07, 6.45) is 4.01. The summed E-state index contributed by atoms with van der Waals surface area (Å²) in [7, 11) is 0. The lowest BCUT2D eigenvalue weighted by atomic mass is 9.87. The van der Waals surface area contributed by atoms with Gasteiger partial charge in [-0.15, -0.1) is 0 Å². The Morgan fingerprint density at radius 2 is 1.44 bits per heavy atom. The Hall–Kier alpha value is -3.15. The molecule has 0 amide bonds. The second kappa shape index (κ2) is 13.8. The lowest BCUT2D eigenvalue weighted by Gasteiger charge is -2.20. The smallest absolute Gasteiger partial charge is 0.317 e. The third-order valence-corrected chi connectivity index (χ3v) is 6.15. The summed E-state index contributed by atoms with van der Waals surface area (Å²) in [6, 6.07) is 16.3. The average Bonchev–Trinajstić information content (AvgIpc) is 2.80. The Bertz CT molecular complexity index is 986. The highest BCUT2D eigenvalue weighted by Gasteiger charge is 2.17. The van der Waals surface area contributed by atoms with Crippen molar-refractivity contribution in [3.05, 3.63) is 70.8 Å². The summed E-state index contributed by atoms with van der Waals surface area (Å²) in [6.45, 7) is 10.1. The van der Waals surface area contributed by atoms with E-state index >= 15 is 0 Å². The quantitative estimate of drug-likeness (QED) is 0.250. The van der Waals surface area contributed by atoms with Crippen LogP contribution >= 0.6 is 0 Å². The highest BCUT2D eigenvalue weighted by atomic mass is 16.6. The molecule has 0 heterocycles. The molecule has 0 aliphatic carbocycles. The van der Waals surface area contributed by atoms with Crippen LogP contribution in [-0.2, 0) is 36.9 Å². The fourth-order valence-corrected chi connectivity index (χ4v) is 4.18. The fourth-order valence-electron chi connectivity index (χ4n) is 4.18. The van der Waals surface area contributed by atoms with E-state index in [2.05, 4.69) is 26.0 Å². The van der Waals surface area contributed by atoms with Crippen molar-refractivity contribution in [2.45, 2.75) is 97.2 Å². The normalized spacial score (nSPS) is 13.0. The number of carboxylic acid groups (broad SMARTS) is 1. The predicted octanol–water partition coefficient (Wildman–Crippen LogP) is 6.56. The third kappa shape index (κ3) is 10.6. The van der Waals surface area contributed by atoms with Crippen LogP contribution in [0.25, 0.3) is 0 Å². The summed E-state index contributed by atoms with van der Waals surface area (Å²) >= 11 is 0. The Morgan fingerprint density at radius 3 is 2.00 bits per heavy atom. The summed E-state index contributed by atoms with van der Waals surface area (Å²) in [5.41, 5.74) is 3.87. The summed E-state index contributed by atoms with van der Waals surface area (Å²) in [5, 5.41) is 8.62. The van der Waals surface area contributed by atoms with Gasteiger partial charge in [-0.3, -0.25) is 14.4 Å². The summed E-state index contributed by atoms with van der Waals surface area (Å²) < 4.78 is 10.4. The number of benzene rings is 2. The number of hydrogen-bond donors (Lipinski definition) is 1. The van der Waals surface area contributed by atoms with Crippen LogP contribution in [-0.4, -0.2) is 28.6 Å². The second-order valence-corrected chi connectivity index (χ2v) is 10.4. The van der Waals surface area contributed by atoms with Crippen molar-refractivity contribution in [1.82, 2.24) is 0 Å². The van der Waals surface area contributed by atoms with Crippen molar-refractivity contribution < 1.29 is 29.0 Å². The zero-order valence-corrected chi connectivity index (χ0v) is 22.2. The van der Waals surface area contributed by atoms with Gasteiger partial charge in [0.2, 0.25) is 0 Å². The first-order valence-corrected chi connectivity index (χ1v) is 12.7. The molecule has 2 aromatic rings. The molecule has 0 saturated heterocycles. The maximum absolute atomic E-state index is 12.1. The van der Waals surface area contributed by atoms with Gasteiger partial charge >= 0.3 is 17.9 Å². The maximum Gasteiger partial charge on any atom is 0.317 e. The average molecular weight is 497 g/mol. The van der Waals surface area contributed by atoms with Gasteiger partial charge in [-0.25, -0.2) is 0 Å². The molecule has 0 aliphatic heterocycles. The van der Waals surface area contributed by atoms with Crippen LogP contribution in [0.2, 0.25) is 0 Å². The van der Waals surface area contributed by atoms with Gasteiger partial charge in [0.25, 0.3) is 0 Å². The molecule has 0 radical (unpaired) electrons. The van der Waals surface area contributed by atoms with Gasteiger partial charge in [0.05, 0.1) is 6.42 Å². The molecule has 0 aromatic heterocycles. The Morgan fingerprint density at radius 1 is 0.861 bits per heavy atom. The lowest BCUT2D eigenvalue weighted by Crippen LogP contribution is -2.24. The zero-order chi connectivity index (χ0) is 26.7. The molecule has 0 fully saturated rings. The van der Waals surface area contributed by atoms with Gasteiger partial charge in [-0.05, 0) is 74.1 Å². The number of ether oxygens (including phenoxy) is 2. The van der Waals surface area contributed by atoms with Crippen molar-refractivity contribution in [3.8, 4) is 0 Å². The van der Waals surface area contributed by atoms with E-state index in [9.17, 15) is 14.4 Å². The minimum absolute atomic E-state index is 0.0789. The molecular weight excluding hydrogens is 456 g/mol. The summed E-state index contributed by atoms with van der Waals surface area (Å²) in [5.74, 6) is -1.24. The molecule has 0 saturated carbocycles. The van der Waals surface area contributed by atoms with Gasteiger partial charge in [0.1, 0.15) is 18.6 Å². The molecule has 6 heteroatoms. The first-order valence-electron chi connectivity index (χ1n) is 12.7. The second-order valence-electron chi connectivity index (χ2n) is 10.4. The van der Waals surface area contributed by atoms with Crippen LogP contribution in [0, 0.1) is 0 Å². The molecule has 36 heavy (non-hydrogen) atoms. The van der Waals surface area contributed by atoms with Crippen molar-refractivity contribution >= 4 is 17.9 Å². The van der Waals surface area contributed by atoms with E-state index < -0.39 is 24.0 Å². The molecule has 2 atom stereocenters. The maximum atomic E-state index is 12.1. The van der Waals surface area contributed by atoms with E-state index in [4.69, 9.17) is 14.6 Å². The molecular formula is C30H40O6. The van der Waals surface area contributed by atoms with Crippen molar-refractivity contribution in [1.29, 1.82) is 0 Å². The minimum Gasteiger partial charge on any atom is -0.481 e. The van der Waals surface area contributed by atoms with E-state index in [-0.39, 0.29) is 19.0 Å².